The molecule has 1 amide bonds. The average Bonchev–Trinajstić information content (AvgIpc) is 2.53. The summed E-state index contributed by atoms with van der Waals surface area (Å²) in [4.78, 5) is 22.0. The zero-order valence-electron chi connectivity index (χ0n) is 13.3. The number of halogens is 4. The van der Waals surface area contributed by atoms with Gasteiger partial charge in [0.15, 0.2) is 6.61 Å². The molecule has 0 heterocycles. The third kappa shape index (κ3) is 4.85. The van der Waals surface area contributed by atoms with Crippen LogP contribution in [0, 0.1) is 17.0 Å². The van der Waals surface area contributed by atoms with Gasteiger partial charge in [0.05, 0.1) is 15.5 Å². The van der Waals surface area contributed by atoms with Crippen LogP contribution >= 0.6 is 11.6 Å². The van der Waals surface area contributed by atoms with Crippen molar-refractivity contribution < 1.29 is 27.6 Å². The largest absolute Gasteiger partial charge is 0.484 e. The van der Waals surface area contributed by atoms with Crippen molar-refractivity contribution in [2.75, 3.05) is 11.9 Å². The molecule has 0 atom stereocenters. The number of rotatable bonds is 5. The van der Waals surface area contributed by atoms with E-state index in [1.807, 2.05) is 0 Å². The number of benzene rings is 2. The Hall–Kier alpha value is -2.81. The van der Waals surface area contributed by atoms with Crippen LogP contribution in [0.3, 0.4) is 0 Å². The Bertz CT molecular complexity index is 856. The summed E-state index contributed by atoms with van der Waals surface area (Å²) in [6.45, 7) is 1.03. The van der Waals surface area contributed by atoms with Gasteiger partial charge < -0.3 is 10.1 Å². The maximum Gasteiger partial charge on any atom is 0.417 e. The molecule has 0 aliphatic heterocycles. The lowest BCUT2D eigenvalue weighted by atomic mass is 10.2. The number of ether oxygens (including phenoxy) is 1. The van der Waals surface area contributed by atoms with Crippen molar-refractivity contribution in [3.63, 3.8) is 0 Å². The van der Waals surface area contributed by atoms with E-state index < -0.39 is 34.2 Å². The van der Waals surface area contributed by atoms with E-state index in [1.165, 1.54) is 31.2 Å². The molecule has 26 heavy (non-hydrogen) atoms. The van der Waals surface area contributed by atoms with Gasteiger partial charge in [-0.25, -0.2) is 0 Å². The van der Waals surface area contributed by atoms with E-state index in [9.17, 15) is 28.1 Å². The first-order valence-electron chi connectivity index (χ1n) is 7.12. The predicted molar refractivity (Wildman–Crippen MR) is 88.4 cm³/mol. The quantitative estimate of drug-likeness (QED) is 0.600. The number of hydrogen-bond donors (Lipinski definition) is 1. The maximum atomic E-state index is 12.8. The topological polar surface area (TPSA) is 81.5 Å². The van der Waals surface area contributed by atoms with E-state index in [0.717, 1.165) is 12.1 Å². The highest BCUT2D eigenvalue weighted by molar-refractivity contribution is 6.31. The summed E-state index contributed by atoms with van der Waals surface area (Å²) in [5, 5.41) is 12.5. The standard InChI is InChI=1S/C16H12ClF3N2O4/c1-9-6-11(3-5-14(9)22(24)25)26-8-15(23)21-10-2-4-13(17)12(7-10)16(18,19)20/h2-7H,8H2,1H3,(H,21,23). The third-order valence-electron chi connectivity index (χ3n) is 3.29. The van der Waals surface area contributed by atoms with E-state index >= 15 is 0 Å². The molecule has 0 aliphatic carbocycles. The molecule has 138 valence electrons. The maximum absolute atomic E-state index is 12.8. The lowest BCUT2D eigenvalue weighted by Crippen LogP contribution is -2.20. The summed E-state index contributed by atoms with van der Waals surface area (Å²) in [7, 11) is 0. The van der Waals surface area contributed by atoms with Crippen molar-refractivity contribution in [2.45, 2.75) is 13.1 Å². The fraction of sp³-hybridized carbons (Fsp3) is 0.188. The molecule has 0 unspecified atom stereocenters. The van der Waals surface area contributed by atoms with E-state index in [-0.39, 0.29) is 17.1 Å². The van der Waals surface area contributed by atoms with Gasteiger partial charge in [-0.1, -0.05) is 11.6 Å². The second kappa shape index (κ2) is 7.61. The number of anilines is 1. The molecular weight excluding hydrogens is 377 g/mol. The van der Waals surface area contributed by atoms with E-state index in [1.54, 1.807) is 0 Å². The van der Waals surface area contributed by atoms with E-state index in [4.69, 9.17) is 16.3 Å². The number of alkyl halides is 3. The van der Waals surface area contributed by atoms with Crippen LogP contribution in [0.15, 0.2) is 36.4 Å². The van der Waals surface area contributed by atoms with Crippen molar-refractivity contribution in [3.8, 4) is 5.75 Å². The molecule has 6 nitrogen and oxygen atoms in total. The van der Waals surface area contributed by atoms with Gasteiger partial charge in [0, 0.05) is 17.3 Å². The monoisotopic (exact) mass is 388 g/mol. The smallest absolute Gasteiger partial charge is 0.417 e. The first-order chi connectivity index (χ1) is 12.1. The summed E-state index contributed by atoms with van der Waals surface area (Å²) < 4.78 is 43.6. The summed E-state index contributed by atoms with van der Waals surface area (Å²) in [6.07, 6.45) is -4.65. The minimum atomic E-state index is -4.65. The average molecular weight is 389 g/mol. The Morgan fingerprint density at radius 3 is 2.54 bits per heavy atom. The number of nitrogens with one attached hydrogen (secondary N) is 1. The fourth-order valence-electron chi connectivity index (χ4n) is 2.09. The first-order valence-corrected chi connectivity index (χ1v) is 7.50. The molecule has 2 aromatic rings. The van der Waals surface area contributed by atoms with Gasteiger partial charge in [-0.15, -0.1) is 0 Å². The van der Waals surface area contributed by atoms with Crippen LogP contribution in [0.1, 0.15) is 11.1 Å². The van der Waals surface area contributed by atoms with Crippen LogP contribution < -0.4 is 10.1 Å². The molecule has 2 rings (SSSR count). The van der Waals surface area contributed by atoms with Crippen LogP contribution in [-0.4, -0.2) is 17.4 Å². The van der Waals surface area contributed by atoms with Crippen molar-refractivity contribution in [1.29, 1.82) is 0 Å². The number of hydrogen-bond acceptors (Lipinski definition) is 4. The Kier molecular flexibility index (Phi) is 5.71. The molecule has 0 saturated carbocycles. The molecule has 0 aromatic heterocycles. The minimum absolute atomic E-state index is 0.0878. The second-order valence-electron chi connectivity index (χ2n) is 5.23. The van der Waals surface area contributed by atoms with E-state index in [0.29, 0.717) is 5.56 Å². The van der Waals surface area contributed by atoms with Crippen LogP contribution in [0.25, 0.3) is 0 Å². The summed E-state index contributed by atoms with van der Waals surface area (Å²) in [5.74, 6) is -0.480. The number of carbonyl (C=O) groups is 1. The van der Waals surface area contributed by atoms with Gasteiger partial charge in [-0.05, 0) is 37.3 Å². The molecule has 0 radical (unpaired) electrons. The zero-order chi connectivity index (χ0) is 19.5. The highest BCUT2D eigenvalue weighted by Gasteiger charge is 2.33. The Morgan fingerprint density at radius 1 is 1.27 bits per heavy atom. The van der Waals surface area contributed by atoms with Crippen molar-refractivity contribution in [3.05, 3.63) is 62.7 Å². The minimum Gasteiger partial charge on any atom is -0.484 e. The Morgan fingerprint density at radius 2 is 1.96 bits per heavy atom. The lowest BCUT2D eigenvalue weighted by molar-refractivity contribution is -0.385. The number of aryl methyl sites for hydroxylation is 1. The zero-order valence-corrected chi connectivity index (χ0v) is 14.0. The summed E-state index contributed by atoms with van der Waals surface area (Å²) in [6, 6.07) is 6.91. The highest BCUT2D eigenvalue weighted by Crippen LogP contribution is 2.36. The van der Waals surface area contributed by atoms with Crippen LogP contribution in [0.5, 0.6) is 5.75 Å². The number of nitrogens with zero attached hydrogens (tertiary/aromatic N) is 1. The number of amides is 1. The molecular formula is C16H12ClF3N2O4. The summed E-state index contributed by atoms with van der Waals surface area (Å²) >= 11 is 5.50. The molecule has 0 bridgehead atoms. The second-order valence-corrected chi connectivity index (χ2v) is 5.64. The Balaban J connectivity index is 2.01. The van der Waals surface area contributed by atoms with Crippen LogP contribution in [0.4, 0.5) is 24.5 Å². The van der Waals surface area contributed by atoms with Crippen LogP contribution in [-0.2, 0) is 11.0 Å². The van der Waals surface area contributed by atoms with Crippen molar-refractivity contribution >= 4 is 28.9 Å². The van der Waals surface area contributed by atoms with Gasteiger partial charge in [0.2, 0.25) is 0 Å². The molecule has 0 aliphatic rings. The Labute approximate surface area is 150 Å². The normalized spacial score (nSPS) is 11.1. The molecule has 2 aromatic carbocycles. The molecule has 10 heteroatoms. The fourth-order valence-corrected chi connectivity index (χ4v) is 2.31. The molecule has 0 saturated heterocycles. The molecule has 0 spiro atoms. The molecule has 0 fully saturated rings. The van der Waals surface area contributed by atoms with Crippen molar-refractivity contribution in [1.82, 2.24) is 0 Å². The van der Waals surface area contributed by atoms with Crippen molar-refractivity contribution in [2.24, 2.45) is 0 Å². The number of nitro groups is 1. The molecule has 1 N–H and O–H groups in total. The van der Waals surface area contributed by atoms with Gasteiger partial charge >= 0.3 is 6.18 Å². The van der Waals surface area contributed by atoms with Gasteiger partial charge in [0.25, 0.3) is 11.6 Å². The lowest BCUT2D eigenvalue weighted by Gasteiger charge is -2.12. The van der Waals surface area contributed by atoms with Gasteiger partial charge in [-0.3, -0.25) is 14.9 Å². The third-order valence-corrected chi connectivity index (χ3v) is 3.62. The van der Waals surface area contributed by atoms with Gasteiger partial charge in [-0.2, -0.15) is 13.2 Å². The summed E-state index contributed by atoms with van der Waals surface area (Å²) in [5.41, 5.74) is -0.901. The van der Waals surface area contributed by atoms with Gasteiger partial charge in [0.1, 0.15) is 5.75 Å². The SMILES string of the molecule is Cc1cc(OCC(=O)Nc2ccc(Cl)c(C(F)(F)F)c2)ccc1[N+](=O)[O-]. The predicted octanol–water partition coefficient (Wildman–Crippen LogP) is 4.59. The van der Waals surface area contributed by atoms with E-state index in [2.05, 4.69) is 5.32 Å². The van der Waals surface area contributed by atoms with Crippen LogP contribution in [0.2, 0.25) is 5.02 Å². The number of nitro benzene ring substituents is 1. The highest BCUT2D eigenvalue weighted by atomic mass is 35.5. The number of carbonyl (C=O) groups excluding carboxylic acids is 1. The first kappa shape index (κ1) is 19.5.